The Kier molecular flexibility index (Phi) is 4.22. The van der Waals surface area contributed by atoms with E-state index in [-0.39, 0.29) is 25.9 Å². The quantitative estimate of drug-likeness (QED) is 0.669. The topological polar surface area (TPSA) is 85.5 Å². The predicted molar refractivity (Wildman–Crippen MR) is 90.2 cm³/mol. The summed E-state index contributed by atoms with van der Waals surface area (Å²) in [5.41, 5.74) is 2.63. The summed E-state index contributed by atoms with van der Waals surface area (Å²) in [5, 5.41) is 3.03. The monoisotopic (exact) mass is 339 g/mol. The van der Waals surface area contributed by atoms with Crippen molar-refractivity contribution in [2.45, 2.75) is 13.2 Å². The van der Waals surface area contributed by atoms with E-state index in [0.29, 0.717) is 18.0 Å². The van der Waals surface area contributed by atoms with Crippen LogP contribution in [0.15, 0.2) is 42.5 Å². The molecule has 0 radical (unpaired) electrons. The molecule has 0 saturated heterocycles. The molecule has 0 atom stereocenters. The highest BCUT2D eigenvalue weighted by Crippen LogP contribution is 2.35. The third kappa shape index (κ3) is 3.56. The smallest absolute Gasteiger partial charge is 0.320 e. The molecular weight excluding hydrogens is 322 g/mol. The molecule has 3 aromatic rings. The Hall–Kier alpha value is -3.06. The van der Waals surface area contributed by atoms with E-state index >= 15 is 0 Å². The van der Waals surface area contributed by atoms with Crippen molar-refractivity contribution in [3.05, 3.63) is 53.9 Å². The second kappa shape index (κ2) is 6.82. The van der Waals surface area contributed by atoms with Crippen LogP contribution in [0.2, 0.25) is 0 Å². The molecule has 0 spiro atoms. The molecule has 4 rings (SSSR count). The number of aromatic amines is 1. The van der Waals surface area contributed by atoms with Gasteiger partial charge in [-0.1, -0.05) is 30.3 Å². The molecule has 1 aromatic heterocycles. The number of nitrogens with one attached hydrogen (secondary N) is 2. The van der Waals surface area contributed by atoms with Crippen LogP contribution in [0.5, 0.6) is 11.5 Å². The first-order chi connectivity index (χ1) is 12.3. The lowest BCUT2D eigenvalue weighted by molar-refractivity contribution is -0.143. The standard InChI is InChI=1S/C18H17N3O4/c22-18(23-10-12-4-2-1-3-5-12)9-19-8-17-20-13-6-15-16(25-11-24-15)7-14(13)21-17/h1-7,19H,8-11H2,(H,20,21). The van der Waals surface area contributed by atoms with Crippen LogP contribution in [0.25, 0.3) is 11.0 Å². The fourth-order valence-electron chi connectivity index (χ4n) is 2.61. The Bertz CT molecular complexity index is 851. The highest BCUT2D eigenvalue weighted by Gasteiger charge is 2.16. The summed E-state index contributed by atoms with van der Waals surface area (Å²) in [6.07, 6.45) is 0. The van der Waals surface area contributed by atoms with Gasteiger partial charge >= 0.3 is 5.97 Å². The molecule has 0 fully saturated rings. The number of carbonyl (C=O) groups is 1. The molecule has 7 heteroatoms. The molecule has 7 nitrogen and oxygen atoms in total. The van der Waals surface area contributed by atoms with Crippen molar-refractivity contribution in [2.24, 2.45) is 0 Å². The summed E-state index contributed by atoms with van der Waals surface area (Å²) >= 11 is 0. The van der Waals surface area contributed by atoms with Crippen LogP contribution in [0, 0.1) is 0 Å². The second-order valence-electron chi connectivity index (χ2n) is 5.66. The molecule has 0 saturated carbocycles. The molecular formula is C18H17N3O4. The van der Waals surface area contributed by atoms with Gasteiger partial charge in [0.25, 0.3) is 0 Å². The van der Waals surface area contributed by atoms with Crippen LogP contribution in [-0.2, 0) is 22.7 Å². The molecule has 2 N–H and O–H groups in total. The Morgan fingerprint density at radius 1 is 1.20 bits per heavy atom. The molecule has 128 valence electrons. The van der Waals surface area contributed by atoms with Gasteiger partial charge in [-0.3, -0.25) is 10.1 Å². The maximum absolute atomic E-state index is 11.8. The van der Waals surface area contributed by atoms with Gasteiger partial charge in [-0.2, -0.15) is 0 Å². The van der Waals surface area contributed by atoms with Crippen LogP contribution in [0.4, 0.5) is 0 Å². The highest BCUT2D eigenvalue weighted by atomic mass is 16.7. The van der Waals surface area contributed by atoms with Crippen LogP contribution < -0.4 is 14.8 Å². The molecule has 0 amide bonds. The van der Waals surface area contributed by atoms with Gasteiger partial charge in [0.15, 0.2) is 11.5 Å². The van der Waals surface area contributed by atoms with Gasteiger partial charge < -0.3 is 19.2 Å². The normalized spacial score (nSPS) is 12.5. The van der Waals surface area contributed by atoms with Gasteiger partial charge in [0, 0.05) is 12.1 Å². The number of hydrogen-bond acceptors (Lipinski definition) is 6. The SMILES string of the molecule is O=C(CNCc1nc2cc3c(cc2[nH]1)OCO3)OCc1ccccc1. The average Bonchev–Trinajstić information content (AvgIpc) is 3.24. The molecule has 2 heterocycles. The minimum Gasteiger partial charge on any atom is -0.460 e. The molecule has 0 unspecified atom stereocenters. The Morgan fingerprint density at radius 3 is 2.84 bits per heavy atom. The van der Waals surface area contributed by atoms with Crippen LogP contribution >= 0.6 is 0 Å². The fraction of sp³-hybridized carbons (Fsp3) is 0.222. The van der Waals surface area contributed by atoms with E-state index in [2.05, 4.69) is 15.3 Å². The van der Waals surface area contributed by atoms with Gasteiger partial charge in [-0.25, -0.2) is 4.98 Å². The maximum atomic E-state index is 11.8. The predicted octanol–water partition coefficient (Wildman–Crippen LogP) is 2.12. The van der Waals surface area contributed by atoms with Crippen molar-refractivity contribution < 1.29 is 19.0 Å². The summed E-state index contributed by atoms with van der Waals surface area (Å²) < 4.78 is 15.9. The maximum Gasteiger partial charge on any atom is 0.320 e. The number of nitrogens with zero attached hydrogens (tertiary/aromatic N) is 1. The van der Waals surface area contributed by atoms with E-state index in [1.807, 2.05) is 42.5 Å². The minimum absolute atomic E-state index is 0.118. The van der Waals surface area contributed by atoms with E-state index in [1.54, 1.807) is 0 Å². The van der Waals surface area contributed by atoms with E-state index in [4.69, 9.17) is 14.2 Å². The van der Waals surface area contributed by atoms with E-state index < -0.39 is 0 Å². The number of imidazole rings is 1. The van der Waals surface area contributed by atoms with Gasteiger partial charge in [0.05, 0.1) is 24.1 Å². The minimum atomic E-state index is -0.305. The number of esters is 1. The number of aromatic nitrogens is 2. The number of hydrogen-bond donors (Lipinski definition) is 2. The summed E-state index contributed by atoms with van der Waals surface area (Å²) in [6.45, 7) is 1.06. The number of fused-ring (bicyclic) bond motifs is 2. The van der Waals surface area contributed by atoms with Crippen LogP contribution in [0.3, 0.4) is 0 Å². The first-order valence-corrected chi connectivity index (χ1v) is 7.96. The zero-order valence-corrected chi connectivity index (χ0v) is 13.5. The largest absolute Gasteiger partial charge is 0.460 e. The molecule has 2 aromatic carbocycles. The first kappa shape index (κ1) is 15.5. The van der Waals surface area contributed by atoms with E-state index in [1.165, 1.54) is 0 Å². The zero-order chi connectivity index (χ0) is 17.1. The highest BCUT2D eigenvalue weighted by molar-refractivity contribution is 5.80. The Morgan fingerprint density at radius 2 is 2.00 bits per heavy atom. The molecule has 1 aliphatic heterocycles. The molecule has 25 heavy (non-hydrogen) atoms. The molecule has 1 aliphatic rings. The Balaban J connectivity index is 1.28. The first-order valence-electron chi connectivity index (χ1n) is 7.96. The van der Waals surface area contributed by atoms with Crippen molar-refractivity contribution in [1.82, 2.24) is 15.3 Å². The van der Waals surface area contributed by atoms with E-state index in [9.17, 15) is 4.79 Å². The average molecular weight is 339 g/mol. The van der Waals surface area contributed by atoms with E-state index in [0.717, 1.165) is 22.4 Å². The van der Waals surface area contributed by atoms with Crippen LogP contribution in [0.1, 0.15) is 11.4 Å². The lowest BCUT2D eigenvalue weighted by atomic mass is 10.2. The van der Waals surface area contributed by atoms with Gasteiger partial charge in [0.1, 0.15) is 12.4 Å². The van der Waals surface area contributed by atoms with Gasteiger partial charge in [-0.15, -0.1) is 0 Å². The van der Waals surface area contributed by atoms with Crippen molar-refractivity contribution in [2.75, 3.05) is 13.3 Å². The third-order valence-corrected chi connectivity index (χ3v) is 3.83. The van der Waals surface area contributed by atoms with Crippen molar-refractivity contribution in [1.29, 1.82) is 0 Å². The third-order valence-electron chi connectivity index (χ3n) is 3.83. The summed E-state index contributed by atoms with van der Waals surface area (Å²) in [5.74, 6) is 1.83. The lowest BCUT2D eigenvalue weighted by Gasteiger charge is -2.05. The van der Waals surface area contributed by atoms with Gasteiger partial charge in [-0.05, 0) is 5.56 Å². The van der Waals surface area contributed by atoms with Crippen LogP contribution in [-0.4, -0.2) is 29.3 Å². The number of ether oxygens (including phenoxy) is 3. The number of H-pyrrole nitrogens is 1. The number of carbonyl (C=O) groups excluding carboxylic acids is 1. The summed E-state index contributed by atoms with van der Waals surface area (Å²) in [4.78, 5) is 19.4. The van der Waals surface area contributed by atoms with Crippen molar-refractivity contribution in [3.63, 3.8) is 0 Å². The Labute approximate surface area is 143 Å². The zero-order valence-electron chi connectivity index (χ0n) is 13.5. The lowest BCUT2D eigenvalue weighted by Crippen LogP contribution is -2.24. The summed E-state index contributed by atoms with van der Waals surface area (Å²) in [6, 6.07) is 13.3. The number of rotatable bonds is 6. The van der Waals surface area contributed by atoms with Crippen molar-refractivity contribution in [3.8, 4) is 11.5 Å². The molecule has 0 bridgehead atoms. The summed E-state index contributed by atoms with van der Waals surface area (Å²) in [7, 11) is 0. The fourth-order valence-corrected chi connectivity index (χ4v) is 2.61. The van der Waals surface area contributed by atoms with Crippen molar-refractivity contribution >= 4 is 17.0 Å². The molecule has 0 aliphatic carbocycles. The number of benzene rings is 2. The second-order valence-corrected chi connectivity index (χ2v) is 5.66. The van der Waals surface area contributed by atoms with Gasteiger partial charge in [0.2, 0.25) is 6.79 Å².